The highest BCUT2D eigenvalue weighted by Crippen LogP contribution is 2.25. The molecule has 0 saturated carbocycles. The monoisotopic (exact) mass is 367 g/mol. The Hall–Kier alpha value is -2.43. The van der Waals surface area contributed by atoms with Gasteiger partial charge in [-0.05, 0) is 43.5 Å². The number of likely N-dealkylation sites (N-methyl/N-ethyl adjacent to an activating group) is 1. The minimum Gasteiger partial charge on any atom is -0.342 e. The second kappa shape index (κ2) is 8.07. The second-order valence-corrected chi connectivity index (χ2v) is 7.43. The molecule has 0 unspecified atom stereocenters. The van der Waals surface area contributed by atoms with Gasteiger partial charge in [-0.25, -0.2) is 0 Å². The Morgan fingerprint density at radius 1 is 1.22 bits per heavy atom. The van der Waals surface area contributed by atoms with Crippen molar-refractivity contribution in [2.24, 2.45) is 0 Å². The maximum atomic E-state index is 13.5. The minimum atomic E-state index is -0.367. The molecule has 1 saturated heterocycles. The van der Waals surface area contributed by atoms with Gasteiger partial charge < -0.3 is 9.80 Å². The molecule has 27 heavy (non-hydrogen) atoms. The molecule has 1 aromatic carbocycles. The van der Waals surface area contributed by atoms with Crippen LogP contribution in [0.25, 0.3) is 10.9 Å². The first-order valence-corrected chi connectivity index (χ1v) is 9.92. The fourth-order valence-corrected chi connectivity index (χ4v) is 3.79. The van der Waals surface area contributed by atoms with Gasteiger partial charge in [0.25, 0.3) is 5.91 Å². The summed E-state index contributed by atoms with van der Waals surface area (Å²) in [5, 5.41) is 0.880. The summed E-state index contributed by atoms with van der Waals surface area (Å²) in [5.41, 5.74) is 3.49. The molecule has 0 aliphatic carbocycles. The lowest BCUT2D eigenvalue weighted by atomic mass is 9.99. The second-order valence-electron chi connectivity index (χ2n) is 7.43. The van der Waals surface area contributed by atoms with Crippen LogP contribution in [0.5, 0.6) is 0 Å². The molecule has 1 aliphatic rings. The molecule has 2 heterocycles. The van der Waals surface area contributed by atoms with E-state index >= 15 is 0 Å². The van der Waals surface area contributed by atoms with Gasteiger partial charge >= 0.3 is 0 Å². The van der Waals surface area contributed by atoms with Crippen molar-refractivity contribution in [3.8, 4) is 0 Å². The average molecular weight is 367 g/mol. The van der Waals surface area contributed by atoms with E-state index in [-0.39, 0.29) is 17.9 Å². The SMILES string of the molecule is CCCC[C@@H]1C(=O)N(C)CCN1C(=O)c1cc(C)nc2ccc(CC)cc12. The number of piperazine rings is 1. The Morgan fingerprint density at radius 2 is 2.00 bits per heavy atom. The van der Waals surface area contributed by atoms with Gasteiger partial charge in [0.1, 0.15) is 6.04 Å². The lowest BCUT2D eigenvalue weighted by molar-refractivity contribution is -0.138. The molecular formula is C22H29N3O2. The van der Waals surface area contributed by atoms with Gasteiger partial charge in [0, 0.05) is 31.2 Å². The Kier molecular flexibility index (Phi) is 5.78. The molecule has 2 amide bonds. The number of unbranched alkanes of at least 4 members (excludes halogenated alkanes) is 1. The zero-order valence-electron chi connectivity index (χ0n) is 16.8. The maximum absolute atomic E-state index is 13.5. The number of hydrogen-bond donors (Lipinski definition) is 0. The van der Waals surface area contributed by atoms with Gasteiger partial charge in [0.05, 0.1) is 11.1 Å². The van der Waals surface area contributed by atoms with E-state index in [0.717, 1.165) is 35.9 Å². The number of hydrogen-bond acceptors (Lipinski definition) is 3. The standard InChI is InChI=1S/C22H29N3O2/c1-5-7-8-20-22(27)24(4)11-12-25(20)21(26)18-13-15(3)23-19-10-9-16(6-2)14-17(18)19/h9-10,13-14,20H,5-8,11-12H2,1-4H3/t20-/m1/s1. The highest BCUT2D eigenvalue weighted by Gasteiger charge is 2.36. The van der Waals surface area contributed by atoms with Crippen LogP contribution in [-0.4, -0.2) is 52.8 Å². The topological polar surface area (TPSA) is 53.5 Å². The summed E-state index contributed by atoms with van der Waals surface area (Å²) in [5.74, 6) is -0.00585. The van der Waals surface area contributed by atoms with E-state index in [1.54, 1.807) is 9.80 Å². The Bertz CT molecular complexity index is 862. The van der Waals surface area contributed by atoms with E-state index in [2.05, 4.69) is 31.0 Å². The van der Waals surface area contributed by atoms with Crippen LogP contribution in [0.15, 0.2) is 24.3 Å². The lowest BCUT2D eigenvalue weighted by Crippen LogP contribution is -2.57. The van der Waals surface area contributed by atoms with Gasteiger partial charge in [-0.2, -0.15) is 0 Å². The molecule has 1 aromatic heterocycles. The molecule has 0 N–H and O–H groups in total. The number of aryl methyl sites for hydroxylation is 2. The summed E-state index contributed by atoms with van der Waals surface area (Å²) in [4.78, 5) is 34.4. The van der Waals surface area contributed by atoms with Crippen LogP contribution in [0.1, 0.15) is 54.7 Å². The fraction of sp³-hybridized carbons (Fsp3) is 0.500. The summed E-state index contributed by atoms with van der Waals surface area (Å²) >= 11 is 0. The predicted molar refractivity (Wildman–Crippen MR) is 108 cm³/mol. The zero-order chi connectivity index (χ0) is 19.6. The van der Waals surface area contributed by atoms with Crippen molar-refractivity contribution < 1.29 is 9.59 Å². The number of fused-ring (bicyclic) bond motifs is 1. The van der Waals surface area contributed by atoms with Crippen molar-refractivity contribution in [2.75, 3.05) is 20.1 Å². The zero-order valence-corrected chi connectivity index (χ0v) is 16.8. The molecule has 0 radical (unpaired) electrons. The number of pyridine rings is 1. The first-order chi connectivity index (χ1) is 13.0. The lowest BCUT2D eigenvalue weighted by Gasteiger charge is -2.39. The number of amides is 2. The van der Waals surface area contributed by atoms with E-state index in [4.69, 9.17) is 0 Å². The Labute approximate surface area is 161 Å². The molecular weight excluding hydrogens is 338 g/mol. The minimum absolute atomic E-state index is 0.0485. The van der Waals surface area contributed by atoms with Crippen molar-refractivity contribution >= 4 is 22.7 Å². The molecule has 3 rings (SSSR count). The van der Waals surface area contributed by atoms with Crippen molar-refractivity contribution in [3.63, 3.8) is 0 Å². The Morgan fingerprint density at radius 3 is 2.70 bits per heavy atom. The smallest absolute Gasteiger partial charge is 0.255 e. The number of benzene rings is 1. The number of nitrogens with zero attached hydrogens (tertiary/aromatic N) is 3. The number of carbonyl (C=O) groups excluding carboxylic acids is 2. The van der Waals surface area contributed by atoms with Crippen LogP contribution < -0.4 is 0 Å². The summed E-state index contributed by atoms with van der Waals surface area (Å²) in [6.45, 7) is 7.27. The van der Waals surface area contributed by atoms with E-state index in [1.165, 1.54) is 5.56 Å². The van der Waals surface area contributed by atoms with Crippen molar-refractivity contribution in [1.82, 2.24) is 14.8 Å². The van der Waals surface area contributed by atoms with Gasteiger partial charge in [-0.1, -0.05) is 32.8 Å². The third-order valence-corrected chi connectivity index (χ3v) is 5.45. The fourth-order valence-electron chi connectivity index (χ4n) is 3.79. The number of rotatable bonds is 5. The Balaban J connectivity index is 2.04. The third kappa shape index (κ3) is 3.82. The summed E-state index contributed by atoms with van der Waals surface area (Å²) < 4.78 is 0. The molecule has 1 aliphatic heterocycles. The molecule has 0 bridgehead atoms. The van der Waals surface area contributed by atoms with Crippen LogP contribution in [0.3, 0.4) is 0 Å². The number of carbonyl (C=O) groups is 2. The third-order valence-electron chi connectivity index (χ3n) is 5.45. The van der Waals surface area contributed by atoms with Gasteiger partial charge in [0.15, 0.2) is 0 Å². The normalized spacial score (nSPS) is 17.6. The van der Waals surface area contributed by atoms with Crippen LogP contribution in [-0.2, 0) is 11.2 Å². The molecule has 0 spiro atoms. The molecule has 1 fully saturated rings. The van der Waals surface area contributed by atoms with Gasteiger partial charge in [-0.3, -0.25) is 14.6 Å². The molecule has 2 aromatic rings. The summed E-state index contributed by atoms with van der Waals surface area (Å²) in [6.07, 6.45) is 3.56. The average Bonchev–Trinajstić information content (AvgIpc) is 2.67. The first-order valence-electron chi connectivity index (χ1n) is 9.92. The van der Waals surface area contributed by atoms with Crippen LogP contribution in [0, 0.1) is 6.92 Å². The quantitative estimate of drug-likeness (QED) is 0.812. The molecule has 5 nitrogen and oxygen atoms in total. The van der Waals surface area contributed by atoms with Crippen molar-refractivity contribution in [1.29, 1.82) is 0 Å². The molecule has 144 valence electrons. The van der Waals surface area contributed by atoms with E-state index in [1.807, 2.05) is 26.1 Å². The van der Waals surface area contributed by atoms with Gasteiger partial charge in [-0.15, -0.1) is 0 Å². The van der Waals surface area contributed by atoms with Crippen LogP contribution in [0.2, 0.25) is 0 Å². The van der Waals surface area contributed by atoms with Crippen LogP contribution in [0.4, 0.5) is 0 Å². The van der Waals surface area contributed by atoms with Crippen LogP contribution >= 0.6 is 0 Å². The van der Waals surface area contributed by atoms with Crippen molar-refractivity contribution in [2.45, 2.75) is 52.5 Å². The first kappa shape index (κ1) is 19.3. The predicted octanol–water partition coefficient (Wildman–Crippen LogP) is 3.58. The van der Waals surface area contributed by atoms with Crippen molar-refractivity contribution in [3.05, 3.63) is 41.1 Å². The maximum Gasteiger partial charge on any atom is 0.255 e. The largest absolute Gasteiger partial charge is 0.342 e. The highest BCUT2D eigenvalue weighted by atomic mass is 16.2. The highest BCUT2D eigenvalue weighted by molar-refractivity contribution is 6.07. The summed E-state index contributed by atoms with van der Waals surface area (Å²) in [6, 6.07) is 7.61. The van der Waals surface area contributed by atoms with E-state index in [9.17, 15) is 9.59 Å². The summed E-state index contributed by atoms with van der Waals surface area (Å²) in [7, 11) is 1.82. The molecule has 1 atom stereocenters. The van der Waals surface area contributed by atoms with E-state index in [0.29, 0.717) is 25.1 Å². The van der Waals surface area contributed by atoms with Gasteiger partial charge in [0.2, 0.25) is 5.91 Å². The number of aromatic nitrogens is 1. The van der Waals surface area contributed by atoms with E-state index < -0.39 is 0 Å². The molecule has 5 heteroatoms.